The Balaban J connectivity index is 2.31. The molecule has 2 N–H and O–H groups in total. The van der Waals surface area contributed by atoms with Crippen LogP contribution in [0.15, 0.2) is 36.4 Å². The summed E-state index contributed by atoms with van der Waals surface area (Å²) in [4.78, 5) is 0. The summed E-state index contributed by atoms with van der Waals surface area (Å²) in [7, 11) is 0. The van der Waals surface area contributed by atoms with E-state index in [9.17, 15) is 0 Å². The second kappa shape index (κ2) is 6.15. The molecule has 0 saturated heterocycles. The van der Waals surface area contributed by atoms with Crippen molar-refractivity contribution in [2.75, 3.05) is 0 Å². The van der Waals surface area contributed by atoms with Crippen molar-refractivity contribution in [3.05, 3.63) is 68.2 Å². The average molecular weight is 315 g/mol. The van der Waals surface area contributed by atoms with E-state index in [0.717, 1.165) is 16.7 Å². The van der Waals surface area contributed by atoms with Crippen LogP contribution >= 0.6 is 34.8 Å². The quantitative estimate of drug-likeness (QED) is 0.828. The molecule has 1 atom stereocenters. The minimum atomic E-state index is -0.232. The van der Waals surface area contributed by atoms with E-state index in [-0.39, 0.29) is 6.04 Å². The van der Waals surface area contributed by atoms with E-state index in [0.29, 0.717) is 21.5 Å². The molecular formula is C15H14Cl3N. The van der Waals surface area contributed by atoms with Gasteiger partial charge in [0.15, 0.2) is 0 Å². The van der Waals surface area contributed by atoms with Gasteiger partial charge in [-0.25, -0.2) is 0 Å². The highest BCUT2D eigenvalue weighted by atomic mass is 35.5. The topological polar surface area (TPSA) is 26.0 Å². The van der Waals surface area contributed by atoms with E-state index in [4.69, 9.17) is 40.5 Å². The van der Waals surface area contributed by atoms with Crippen LogP contribution in [0.3, 0.4) is 0 Å². The summed E-state index contributed by atoms with van der Waals surface area (Å²) in [6, 6.07) is 11.1. The standard InChI is InChI=1S/C15H14Cl3N/c1-9-4-2-5-10(15(9)18)14(19)8-11-12(16)6-3-7-13(11)17/h2-7,14H,8,19H2,1H3. The molecule has 0 bridgehead atoms. The van der Waals surface area contributed by atoms with Crippen LogP contribution in [-0.2, 0) is 6.42 Å². The fourth-order valence-corrected chi connectivity index (χ4v) is 2.83. The first kappa shape index (κ1) is 14.7. The number of hydrogen-bond donors (Lipinski definition) is 1. The number of halogens is 3. The molecule has 19 heavy (non-hydrogen) atoms. The summed E-state index contributed by atoms with van der Waals surface area (Å²) in [6.07, 6.45) is 0.557. The number of hydrogen-bond acceptors (Lipinski definition) is 1. The van der Waals surface area contributed by atoms with Crippen molar-refractivity contribution in [3.63, 3.8) is 0 Å². The zero-order valence-corrected chi connectivity index (χ0v) is 12.7. The SMILES string of the molecule is Cc1cccc(C(N)Cc2c(Cl)cccc2Cl)c1Cl. The van der Waals surface area contributed by atoms with Gasteiger partial charge < -0.3 is 5.73 Å². The van der Waals surface area contributed by atoms with Crippen molar-refractivity contribution < 1.29 is 0 Å². The Morgan fingerprint density at radius 2 is 1.58 bits per heavy atom. The zero-order valence-electron chi connectivity index (χ0n) is 10.5. The summed E-state index contributed by atoms with van der Waals surface area (Å²) in [6.45, 7) is 1.96. The second-order valence-electron chi connectivity index (χ2n) is 4.49. The van der Waals surface area contributed by atoms with Gasteiger partial charge in [-0.3, -0.25) is 0 Å². The molecule has 0 spiro atoms. The van der Waals surface area contributed by atoms with E-state index < -0.39 is 0 Å². The lowest BCUT2D eigenvalue weighted by molar-refractivity contribution is 0.721. The number of benzene rings is 2. The highest BCUT2D eigenvalue weighted by molar-refractivity contribution is 6.36. The van der Waals surface area contributed by atoms with Crippen LogP contribution in [0, 0.1) is 6.92 Å². The molecule has 2 aromatic rings. The first-order valence-corrected chi connectivity index (χ1v) is 7.07. The monoisotopic (exact) mass is 313 g/mol. The van der Waals surface area contributed by atoms with Gasteiger partial charge in [-0.05, 0) is 42.2 Å². The maximum absolute atomic E-state index is 6.29. The van der Waals surface area contributed by atoms with Crippen molar-refractivity contribution in [1.29, 1.82) is 0 Å². The van der Waals surface area contributed by atoms with Crippen LogP contribution in [0.1, 0.15) is 22.7 Å². The molecule has 0 aliphatic heterocycles. The molecule has 0 fully saturated rings. The fourth-order valence-electron chi connectivity index (χ4n) is 2.01. The van der Waals surface area contributed by atoms with E-state index in [1.54, 1.807) is 0 Å². The van der Waals surface area contributed by atoms with Crippen LogP contribution in [0.25, 0.3) is 0 Å². The normalized spacial score (nSPS) is 12.5. The highest BCUT2D eigenvalue weighted by Gasteiger charge is 2.15. The summed E-state index contributed by atoms with van der Waals surface area (Å²) in [5.41, 5.74) is 9.02. The van der Waals surface area contributed by atoms with Gasteiger partial charge in [0.2, 0.25) is 0 Å². The molecule has 0 amide bonds. The van der Waals surface area contributed by atoms with Crippen molar-refractivity contribution in [3.8, 4) is 0 Å². The Labute approximate surface area is 128 Å². The third-order valence-electron chi connectivity index (χ3n) is 3.11. The van der Waals surface area contributed by atoms with E-state index in [1.807, 2.05) is 43.3 Å². The largest absolute Gasteiger partial charge is 0.324 e. The lowest BCUT2D eigenvalue weighted by Crippen LogP contribution is -2.14. The lowest BCUT2D eigenvalue weighted by Gasteiger charge is -2.16. The summed E-state index contributed by atoms with van der Waals surface area (Å²) in [5, 5.41) is 1.97. The van der Waals surface area contributed by atoms with Gasteiger partial charge in [-0.1, -0.05) is 59.1 Å². The van der Waals surface area contributed by atoms with Gasteiger partial charge in [-0.2, -0.15) is 0 Å². The van der Waals surface area contributed by atoms with Gasteiger partial charge in [0, 0.05) is 21.1 Å². The molecule has 0 aliphatic carbocycles. The summed E-state index contributed by atoms with van der Waals surface area (Å²) < 4.78 is 0. The Kier molecular flexibility index (Phi) is 4.75. The van der Waals surface area contributed by atoms with Gasteiger partial charge in [-0.15, -0.1) is 0 Å². The highest BCUT2D eigenvalue weighted by Crippen LogP contribution is 2.31. The number of nitrogens with two attached hydrogens (primary N) is 1. The van der Waals surface area contributed by atoms with E-state index >= 15 is 0 Å². The van der Waals surface area contributed by atoms with Gasteiger partial charge in [0.05, 0.1) is 0 Å². The smallest absolute Gasteiger partial charge is 0.0483 e. The molecular weight excluding hydrogens is 301 g/mol. The minimum Gasteiger partial charge on any atom is -0.324 e. The summed E-state index contributed by atoms with van der Waals surface area (Å²) >= 11 is 18.6. The third kappa shape index (κ3) is 3.24. The molecule has 1 nitrogen and oxygen atoms in total. The van der Waals surface area contributed by atoms with Crippen LogP contribution in [0.4, 0.5) is 0 Å². The lowest BCUT2D eigenvalue weighted by atomic mass is 9.98. The third-order valence-corrected chi connectivity index (χ3v) is 4.33. The molecule has 0 radical (unpaired) electrons. The number of rotatable bonds is 3. The molecule has 0 aromatic heterocycles. The Hall–Kier alpha value is -0.730. The predicted octanol–water partition coefficient (Wildman–Crippen LogP) is 5.20. The van der Waals surface area contributed by atoms with Crippen LogP contribution in [0.5, 0.6) is 0 Å². The van der Waals surface area contributed by atoms with E-state index in [2.05, 4.69) is 0 Å². The molecule has 0 aliphatic rings. The van der Waals surface area contributed by atoms with Gasteiger partial charge in [0.1, 0.15) is 0 Å². The summed E-state index contributed by atoms with van der Waals surface area (Å²) in [5.74, 6) is 0. The Morgan fingerprint density at radius 1 is 1.00 bits per heavy atom. The van der Waals surface area contributed by atoms with Crippen molar-refractivity contribution in [2.45, 2.75) is 19.4 Å². The van der Waals surface area contributed by atoms with Crippen molar-refractivity contribution >= 4 is 34.8 Å². The molecule has 2 rings (SSSR count). The van der Waals surface area contributed by atoms with E-state index in [1.165, 1.54) is 0 Å². The first-order chi connectivity index (χ1) is 9.00. The molecule has 2 aromatic carbocycles. The number of aryl methyl sites for hydroxylation is 1. The zero-order chi connectivity index (χ0) is 14.0. The van der Waals surface area contributed by atoms with Crippen molar-refractivity contribution in [2.24, 2.45) is 5.73 Å². The molecule has 100 valence electrons. The Morgan fingerprint density at radius 3 is 2.21 bits per heavy atom. The maximum Gasteiger partial charge on any atom is 0.0483 e. The van der Waals surface area contributed by atoms with Crippen molar-refractivity contribution in [1.82, 2.24) is 0 Å². The molecule has 0 heterocycles. The first-order valence-electron chi connectivity index (χ1n) is 5.94. The molecule has 0 saturated carbocycles. The Bertz CT molecular complexity index is 576. The predicted molar refractivity (Wildman–Crippen MR) is 83.3 cm³/mol. The molecule has 4 heteroatoms. The minimum absolute atomic E-state index is 0.232. The van der Waals surface area contributed by atoms with Crippen LogP contribution in [-0.4, -0.2) is 0 Å². The fraction of sp³-hybridized carbons (Fsp3) is 0.200. The van der Waals surface area contributed by atoms with Gasteiger partial charge >= 0.3 is 0 Å². The second-order valence-corrected chi connectivity index (χ2v) is 5.68. The maximum atomic E-state index is 6.29. The van der Waals surface area contributed by atoms with Crippen LogP contribution < -0.4 is 5.73 Å². The van der Waals surface area contributed by atoms with Gasteiger partial charge in [0.25, 0.3) is 0 Å². The molecule has 1 unspecified atom stereocenters. The average Bonchev–Trinajstić information content (AvgIpc) is 2.37. The van der Waals surface area contributed by atoms with Crippen LogP contribution in [0.2, 0.25) is 15.1 Å².